The summed E-state index contributed by atoms with van der Waals surface area (Å²) in [5, 5.41) is 0. The molecule has 3 fully saturated rings. The van der Waals surface area contributed by atoms with Gasteiger partial charge in [-0.2, -0.15) is 0 Å². The summed E-state index contributed by atoms with van der Waals surface area (Å²) in [6, 6.07) is 0. The Hall–Kier alpha value is -0.500. The molecule has 3 heteroatoms. The summed E-state index contributed by atoms with van der Waals surface area (Å²) in [6.07, 6.45) is 16.7. The molecule has 0 aromatic carbocycles. The highest BCUT2D eigenvalue weighted by molar-refractivity contribution is 6.61. The molecule has 8 atom stereocenters. The molecule has 0 aromatic rings. The van der Waals surface area contributed by atoms with Crippen LogP contribution in [0.15, 0.2) is 11.6 Å². The van der Waals surface area contributed by atoms with E-state index < -0.39 is 5.43 Å². The summed E-state index contributed by atoms with van der Waals surface area (Å²) in [7, 11) is 0. The fourth-order valence-electron chi connectivity index (χ4n) is 8.88. The van der Waals surface area contributed by atoms with Crippen LogP contribution in [0.4, 0.5) is 4.79 Å². The molecule has 0 spiro atoms. The second-order valence-corrected chi connectivity index (χ2v) is 12.8. The molecule has 4 aliphatic rings. The highest BCUT2D eigenvalue weighted by Gasteiger charge is 2.59. The molecule has 4 rings (SSSR count). The van der Waals surface area contributed by atoms with Crippen LogP contribution in [0.5, 0.6) is 0 Å². The summed E-state index contributed by atoms with van der Waals surface area (Å²) in [5.74, 6) is 5.19. The van der Waals surface area contributed by atoms with Gasteiger partial charge in [0.15, 0.2) is 0 Å². The predicted molar refractivity (Wildman–Crippen MR) is 129 cm³/mol. The summed E-state index contributed by atoms with van der Waals surface area (Å²) in [6.45, 7) is 12.5. The molecule has 0 amide bonds. The average Bonchev–Trinajstić information content (AvgIpc) is 3.05. The molecule has 3 saturated carbocycles. The van der Waals surface area contributed by atoms with Crippen molar-refractivity contribution in [2.45, 2.75) is 111 Å². The van der Waals surface area contributed by atoms with E-state index >= 15 is 0 Å². The number of halogens is 1. The monoisotopic (exact) mass is 448 g/mol. The normalized spacial score (nSPS) is 42.9. The minimum atomic E-state index is -0.643. The number of fused-ring (bicyclic) bond motifs is 5. The number of hydrogen-bond donors (Lipinski definition) is 0. The SMILES string of the molecule is CC(C)CCC[C@@H](C)[C@H]1CC[C@H]2[C@@H]3CC=C4CC(OC(=O)Cl)CCC4(C)[C@H]3CCC12C. The van der Waals surface area contributed by atoms with Crippen molar-refractivity contribution in [3.63, 3.8) is 0 Å². The Morgan fingerprint density at radius 3 is 2.58 bits per heavy atom. The molecular formula is C28H45ClO2. The topological polar surface area (TPSA) is 26.3 Å². The van der Waals surface area contributed by atoms with Crippen molar-refractivity contribution in [1.82, 2.24) is 0 Å². The van der Waals surface area contributed by atoms with E-state index in [0.29, 0.717) is 10.8 Å². The molecule has 0 bridgehead atoms. The van der Waals surface area contributed by atoms with Gasteiger partial charge in [0, 0.05) is 18.0 Å². The van der Waals surface area contributed by atoms with Crippen molar-refractivity contribution in [3.05, 3.63) is 11.6 Å². The molecule has 0 radical (unpaired) electrons. The van der Waals surface area contributed by atoms with Gasteiger partial charge < -0.3 is 4.74 Å². The lowest BCUT2D eigenvalue weighted by Gasteiger charge is -2.58. The van der Waals surface area contributed by atoms with Crippen molar-refractivity contribution in [1.29, 1.82) is 0 Å². The van der Waals surface area contributed by atoms with Gasteiger partial charge >= 0.3 is 5.43 Å². The zero-order valence-electron chi connectivity index (χ0n) is 20.6. The molecule has 3 unspecified atom stereocenters. The lowest BCUT2D eigenvalue weighted by molar-refractivity contribution is -0.0573. The third-order valence-electron chi connectivity index (χ3n) is 10.5. The van der Waals surface area contributed by atoms with Crippen molar-refractivity contribution < 1.29 is 9.53 Å². The van der Waals surface area contributed by atoms with Crippen LogP contribution >= 0.6 is 11.6 Å². The molecule has 0 N–H and O–H groups in total. The average molecular weight is 449 g/mol. The lowest BCUT2D eigenvalue weighted by atomic mass is 9.47. The van der Waals surface area contributed by atoms with E-state index in [9.17, 15) is 4.79 Å². The van der Waals surface area contributed by atoms with E-state index in [1.807, 2.05) is 0 Å². The summed E-state index contributed by atoms with van der Waals surface area (Å²) in [4.78, 5) is 11.2. The molecule has 176 valence electrons. The van der Waals surface area contributed by atoms with Gasteiger partial charge in [-0.15, -0.1) is 0 Å². The molecule has 4 aliphatic carbocycles. The summed E-state index contributed by atoms with van der Waals surface area (Å²) in [5.41, 5.74) is 1.77. The van der Waals surface area contributed by atoms with E-state index in [1.54, 1.807) is 5.57 Å². The number of rotatable bonds is 6. The van der Waals surface area contributed by atoms with E-state index in [2.05, 4.69) is 40.7 Å². The van der Waals surface area contributed by atoms with Crippen molar-refractivity contribution in [2.75, 3.05) is 0 Å². The number of allylic oxidation sites excluding steroid dienone is 1. The van der Waals surface area contributed by atoms with Crippen molar-refractivity contribution >= 4 is 17.0 Å². The molecule has 0 heterocycles. The highest BCUT2D eigenvalue weighted by Crippen LogP contribution is 2.67. The van der Waals surface area contributed by atoms with E-state index in [-0.39, 0.29) is 6.10 Å². The zero-order valence-corrected chi connectivity index (χ0v) is 21.3. The number of carbonyl (C=O) groups is 1. The van der Waals surface area contributed by atoms with Gasteiger partial charge in [0.05, 0.1) is 0 Å². The third-order valence-corrected chi connectivity index (χ3v) is 10.6. The van der Waals surface area contributed by atoms with E-state index in [4.69, 9.17) is 16.3 Å². The number of carbonyl (C=O) groups excluding carboxylic acids is 1. The second-order valence-electron chi connectivity index (χ2n) is 12.5. The van der Waals surface area contributed by atoms with Gasteiger partial charge in [-0.3, -0.25) is 0 Å². The maximum absolute atomic E-state index is 11.2. The summed E-state index contributed by atoms with van der Waals surface area (Å²) >= 11 is 5.51. The molecule has 0 aliphatic heterocycles. The minimum Gasteiger partial charge on any atom is -0.450 e. The summed E-state index contributed by atoms with van der Waals surface area (Å²) < 4.78 is 5.38. The quantitative estimate of drug-likeness (QED) is 0.299. The van der Waals surface area contributed by atoms with Crippen LogP contribution in [-0.4, -0.2) is 11.5 Å². The molecule has 0 aromatic heterocycles. The predicted octanol–water partition coefficient (Wildman–Crippen LogP) is 8.77. The Labute approximate surface area is 195 Å². The molecule has 2 nitrogen and oxygen atoms in total. The smallest absolute Gasteiger partial charge is 0.404 e. The van der Waals surface area contributed by atoms with Gasteiger partial charge in [-0.05, 0) is 91.3 Å². The largest absolute Gasteiger partial charge is 0.450 e. The van der Waals surface area contributed by atoms with Gasteiger partial charge in [0.25, 0.3) is 0 Å². The van der Waals surface area contributed by atoms with Gasteiger partial charge in [-0.25, -0.2) is 4.79 Å². The number of ether oxygens (including phenoxy) is 1. The first-order valence-corrected chi connectivity index (χ1v) is 13.6. The van der Waals surface area contributed by atoms with Gasteiger partial charge in [0.1, 0.15) is 6.10 Å². The maximum Gasteiger partial charge on any atom is 0.404 e. The Balaban J connectivity index is 1.47. The van der Waals surface area contributed by atoms with Crippen LogP contribution in [0.2, 0.25) is 0 Å². The van der Waals surface area contributed by atoms with Crippen molar-refractivity contribution in [3.8, 4) is 0 Å². The van der Waals surface area contributed by atoms with Gasteiger partial charge in [-0.1, -0.05) is 65.5 Å². The maximum atomic E-state index is 11.2. The fourth-order valence-corrected chi connectivity index (χ4v) is 9.01. The van der Waals surface area contributed by atoms with E-state index in [1.165, 1.54) is 51.4 Å². The Morgan fingerprint density at radius 2 is 1.87 bits per heavy atom. The Morgan fingerprint density at radius 1 is 1.10 bits per heavy atom. The minimum absolute atomic E-state index is 0.0164. The van der Waals surface area contributed by atoms with Crippen LogP contribution in [0.25, 0.3) is 0 Å². The third kappa shape index (κ3) is 4.36. The first kappa shape index (κ1) is 23.7. The van der Waals surface area contributed by atoms with Gasteiger partial charge in [0.2, 0.25) is 0 Å². The van der Waals surface area contributed by atoms with Crippen LogP contribution in [0.3, 0.4) is 0 Å². The molecule has 0 saturated heterocycles. The number of hydrogen-bond acceptors (Lipinski definition) is 2. The van der Waals surface area contributed by atoms with Crippen LogP contribution in [-0.2, 0) is 4.74 Å². The second kappa shape index (κ2) is 9.03. The fraction of sp³-hybridized carbons (Fsp3) is 0.893. The molecule has 31 heavy (non-hydrogen) atoms. The van der Waals surface area contributed by atoms with Crippen LogP contribution < -0.4 is 0 Å². The first-order valence-electron chi connectivity index (χ1n) is 13.2. The lowest BCUT2D eigenvalue weighted by Crippen LogP contribution is -2.51. The van der Waals surface area contributed by atoms with E-state index in [0.717, 1.165) is 54.8 Å². The highest BCUT2D eigenvalue weighted by atomic mass is 35.5. The van der Waals surface area contributed by atoms with Crippen molar-refractivity contribution in [2.24, 2.45) is 46.3 Å². The van der Waals surface area contributed by atoms with Crippen LogP contribution in [0, 0.1) is 46.3 Å². The Kier molecular flexibility index (Phi) is 6.89. The molecular weight excluding hydrogens is 404 g/mol. The van der Waals surface area contributed by atoms with Crippen LogP contribution in [0.1, 0.15) is 105 Å². The Bertz CT molecular complexity index is 699. The first-order chi connectivity index (χ1) is 14.6. The standard InChI is InChI=1S/C28H45ClO2/c1-18(2)7-6-8-19(3)23-11-12-24-22-10-9-20-17-21(31-26(29)30)13-15-27(20,4)25(22)14-16-28(23,24)5/h9,18-19,21-25H,6-8,10-17H2,1-5H3/t19-,21?,22+,23-,24+,25+,27?,28?/m1/s1. The zero-order chi connectivity index (χ0) is 22.4.